The highest BCUT2D eigenvalue weighted by molar-refractivity contribution is 8.27. The van der Waals surface area contributed by atoms with Crippen molar-refractivity contribution in [2.24, 2.45) is 0 Å². The molecule has 0 saturated carbocycles. The van der Waals surface area contributed by atoms with Gasteiger partial charge in [-0.25, -0.2) is 0 Å². The number of amides is 1. The van der Waals surface area contributed by atoms with E-state index in [4.69, 9.17) is 21.7 Å². The number of rotatable bonds is 5. The van der Waals surface area contributed by atoms with E-state index >= 15 is 0 Å². The van der Waals surface area contributed by atoms with Crippen molar-refractivity contribution in [1.29, 1.82) is 0 Å². The van der Waals surface area contributed by atoms with Crippen molar-refractivity contribution >= 4 is 51.7 Å². The van der Waals surface area contributed by atoms with Crippen LogP contribution in [0.1, 0.15) is 5.56 Å². The zero-order valence-electron chi connectivity index (χ0n) is 14.7. The number of ether oxygens (including phenoxy) is 2. The molecule has 1 fully saturated rings. The Hall–Kier alpha value is -3.11. The second-order valence-corrected chi connectivity index (χ2v) is 7.21. The van der Waals surface area contributed by atoms with Gasteiger partial charge in [-0.2, -0.15) is 0 Å². The van der Waals surface area contributed by atoms with Gasteiger partial charge in [-0.1, -0.05) is 36.1 Å². The highest BCUT2D eigenvalue weighted by Gasteiger charge is 2.35. The summed E-state index contributed by atoms with van der Waals surface area (Å²) in [6, 6.07) is 9.52. The Labute approximate surface area is 169 Å². The first-order valence-corrected chi connectivity index (χ1v) is 9.06. The normalized spacial score (nSPS) is 15.2. The zero-order chi connectivity index (χ0) is 20.4. The van der Waals surface area contributed by atoms with E-state index in [1.807, 2.05) is 0 Å². The van der Waals surface area contributed by atoms with E-state index in [0.717, 1.165) is 17.8 Å². The fraction of sp³-hybridized carbons (Fsp3) is 0.111. The Balaban J connectivity index is 2.03. The van der Waals surface area contributed by atoms with Crippen molar-refractivity contribution in [3.05, 3.63) is 57.0 Å². The number of phenols is 1. The van der Waals surface area contributed by atoms with Crippen LogP contribution in [0.3, 0.4) is 0 Å². The summed E-state index contributed by atoms with van der Waals surface area (Å²) in [4.78, 5) is 25.0. The number of nitrogens with zero attached hydrogens (tertiary/aromatic N) is 2. The molecule has 1 heterocycles. The number of methoxy groups -OCH3 is 2. The number of carbonyl (C=O) groups excluding carboxylic acids is 1. The summed E-state index contributed by atoms with van der Waals surface area (Å²) in [5, 5.41) is 21.0. The van der Waals surface area contributed by atoms with Crippen LogP contribution in [-0.4, -0.2) is 34.5 Å². The molecule has 28 heavy (non-hydrogen) atoms. The lowest BCUT2D eigenvalue weighted by molar-refractivity contribution is -0.386. The highest BCUT2D eigenvalue weighted by atomic mass is 32.2. The number of nitro groups is 1. The summed E-state index contributed by atoms with van der Waals surface area (Å²) < 4.78 is 10.6. The Kier molecular flexibility index (Phi) is 5.52. The van der Waals surface area contributed by atoms with Crippen molar-refractivity contribution < 1.29 is 24.3 Å². The largest absolute Gasteiger partial charge is 0.500 e. The smallest absolute Gasteiger partial charge is 0.315 e. The van der Waals surface area contributed by atoms with E-state index in [1.165, 1.54) is 31.3 Å². The second-order valence-electron chi connectivity index (χ2n) is 5.54. The average molecular weight is 418 g/mol. The predicted molar refractivity (Wildman–Crippen MR) is 110 cm³/mol. The number of thioether (sulfide) groups is 1. The molecule has 2 aromatic rings. The molecule has 10 heteroatoms. The van der Waals surface area contributed by atoms with Crippen molar-refractivity contribution in [3.63, 3.8) is 0 Å². The summed E-state index contributed by atoms with van der Waals surface area (Å²) in [6.45, 7) is 0. The number of hydrogen-bond donors (Lipinski definition) is 1. The molecule has 1 saturated heterocycles. The Morgan fingerprint density at radius 1 is 1.21 bits per heavy atom. The molecule has 8 nitrogen and oxygen atoms in total. The van der Waals surface area contributed by atoms with Crippen molar-refractivity contribution in [3.8, 4) is 17.2 Å². The van der Waals surface area contributed by atoms with Gasteiger partial charge in [-0.3, -0.25) is 19.8 Å². The molecule has 1 N–H and O–H groups in total. The minimum absolute atomic E-state index is 0.0688. The van der Waals surface area contributed by atoms with E-state index in [2.05, 4.69) is 0 Å². The van der Waals surface area contributed by atoms with Crippen LogP contribution in [0.25, 0.3) is 6.08 Å². The van der Waals surface area contributed by atoms with Crippen LogP contribution in [0.5, 0.6) is 17.2 Å². The zero-order valence-corrected chi connectivity index (χ0v) is 16.4. The van der Waals surface area contributed by atoms with Gasteiger partial charge in [0.2, 0.25) is 5.75 Å². The third-order valence-corrected chi connectivity index (χ3v) is 5.21. The van der Waals surface area contributed by atoms with Gasteiger partial charge in [-0.05, 0) is 29.8 Å². The molecule has 1 aliphatic rings. The van der Waals surface area contributed by atoms with Gasteiger partial charge in [-0.15, -0.1) is 0 Å². The molecule has 0 atom stereocenters. The maximum absolute atomic E-state index is 12.9. The van der Waals surface area contributed by atoms with Crippen LogP contribution in [0.2, 0.25) is 0 Å². The predicted octanol–water partition coefficient (Wildman–Crippen LogP) is 3.72. The first-order valence-electron chi connectivity index (χ1n) is 7.83. The van der Waals surface area contributed by atoms with Gasteiger partial charge in [0.05, 0.1) is 29.7 Å². The van der Waals surface area contributed by atoms with Crippen LogP contribution in [0, 0.1) is 10.1 Å². The van der Waals surface area contributed by atoms with Gasteiger partial charge in [0.25, 0.3) is 5.91 Å². The van der Waals surface area contributed by atoms with E-state index in [0.29, 0.717) is 21.3 Å². The van der Waals surface area contributed by atoms with Crippen LogP contribution in [-0.2, 0) is 4.79 Å². The van der Waals surface area contributed by atoms with Crippen molar-refractivity contribution in [1.82, 2.24) is 0 Å². The molecule has 3 rings (SSSR count). The van der Waals surface area contributed by atoms with Gasteiger partial charge in [0.1, 0.15) is 5.75 Å². The maximum atomic E-state index is 12.9. The van der Waals surface area contributed by atoms with Gasteiger partial charge >= 0.3 is 5.69 Å². The highest BCUT2D eigenvalue weighted by Crippen LogP contribution is 2.41. The number of nitro benzene ring substituents is 1. The topological polar surface area (TPSA) is 102 Å². The lowest BCUT2D eigenvalue weighted by atomic mass is 10.1. The fourth-order valence-corrected chi connectivity index (χ4v) is 3.92. The van der Waals surface area contributed by atoms with Crippen molar-refractivity contribution in [2.45, 2.75) is 0 Å². The average Bonchev–Trinajstić information content (AvgIpc) is 2.95. The Bertz CT molecular complexity index is 1020. The maximum Gasteiger partial charge on any atom is 0.315 e. The minimum atomic E-state index is -0.727. The minimum Gasteiger partial charge on any atom is -0.500 e. The monoisotopic (exact) mass is 418 g/mol. The molecule has 0 aliphatic carbocycles. The van der Waals surface area contributed by atoms with Crippen LogP contribution >= 0.6 is 24.0 Å². The van der Waals surface area contributed by atoms with E-state index in [1.54, 1.807) is 24.3 Å². The quantitative estimate of drug-likeness (QED) is 0.339. The SMILES string of the molecule is COc1ccccc1N1C(=O)/C(=C\c2cc(OC)c(O)c([N+](=O)[O-])c2)SC1=S. The standard InChI is InChI=1S/C18H14N2O6S2/c1-25-13-6-4-3-5-11(13)19-17(22)15(28-18(19)27)9-10-7-12(20(23)24)16(21)14(8-10)26-2/h3-9,21H,1-2H3/b15-9+. The molecule has 1 aliphatic heterocycles. The van der Waals surface area contributed by atoms with E-state index < -0.39 is 16.4 Å². The number of anilines is 1. The number of carbonyl (C=O) groups is 1. The summed E-state index contributed by atoms with van der Waals surface area (Å²) in [5.41, 5.74) is 0.304. The van der Waals surface area contributed by atoms with Crippen LogP contribution in [0.4, 0.5) is 11.4 Å². The lowest BCUT2D eigenvalue weighted by Gasteiger charge is -2.17. The van der Waals surface area contributed by atoms with E-state index in [9.17, 15) is 20.0 Å². The molecule has 2 aromatic carbocycles. The van der Waals surface area contributed by atoms with Gasteiger partial charge in [0.15, 0.2) is 10.1 Å². The summed E-state index contributed by atoms with van der Waals surface area (Å²) >= 11 is 6.40. The molecule has 0 unspecified atom stereocenters. The summed E-state index contributed by atoms with van der Waals surface area (Å²) in [6.07, 6.45) is 1.46. The van der Waals surface area contributed by atoms with Gasteiger partial charge < -0.3 is 14.6 Å². The molecule has 144 valence electrons. The first kappa shape index (κ1) is 19.6. The molecular formula is C18H14N2O6S2. The number of para-hydroxylation sites is 2. The van der Waals surface area contributed by atoms with E-state index in [-0.39, 0.29) is 16.6 Å². The Morgan fingerprint density at radius 2 is 1.89 bits per heavy atom. The second kappa shape index (κ2) is 7.87. The van der Waals surface area contributed by atoms with Crippen LogP contribution < -0.4 is 14.4 Å². The molecule has 0 spiro atoms. The number of hydrogen-bond acceptors (Lipinski definition) is 8. The molecule has 1 amide bonds. The number of benzene rings is 2. The summed E-state index contributed by atoms with van der Waals surface area (Å²) in [7, 11) is 2.78. The molecular weight excluding hydrogens is 404 g/mol. The molecule has 0 aromatic heterocycles. The Morgan fingerprint density at radius 3 is 2.54 bits per heavy atom. The fourth-order valence-electron chi connectivity index (χ4n) is 2.63. The molecule has 0 radical (unpaired) electrons. The summed E-state index contributed by atoms with van der Waals surface area (Å²) in [5.74, 6) is -0.539. The number of phenolic OH excluding ortho intramolecular Hbond substituents is 1. The number of aromatic hydroxyl groups is 1. The van der Waals surface area contributed by atoms with Crippen molar-refractivity contribution in [2.75, 3.05) is 19.1 Å². The van der Waals surface area contributed by atoms with Gasteiger partial charge in [0, 0.05) is 6.07 Å². The van der Waals surface area contributed by atoms with Crippen LogP contribution in [0.15, 0.2) is 41.3 Å². The third-order valence-electron chi connectivity index (χ3n) is 3.91. The first-order chi connectivity index (χ1) is 13.4. The third kappa shape index (κ3) is 3.51. The number of thiocarbonyl (C=S) groups is 1. The molecule has 0 bridgehead atoms. The lowest BCUT2D eigenvalue weighted by Crippen LogP contribution is -2.27.